The van der Waals surface area contributed by atoms with Crippen molar-refractivity contribution >= 4 is 18.1 Å². The van der Waals surface area contributed by atoms with Gasteiger partial charge in [-0.2, -0.15) is 5.10 Å². The number of aryl methyl sites for hydroxylation is 1. The number of nitrogens with one attached hydrogen (secondary N) is 2. The third-order valence-electron chi connectivity index (χ3n) is 5.09. The molecule has 0 saturated heterocycles. The lowest BCUT2D eigenvalue weighted by molar-refractivity contribution is -0.122. The Morgan fingerprint density at radius 3 is 2.76 bits per heavy atom. The van der Waals surface area contributed by atoms with E-state index in [1.165, 1.54) is 24.8 Å². The SMILES string of the molecule is Cc1ccc(-c2n[nH]c(=S)n2CCC(=O)NC2CCCCC2C)cc1. The second-order valence-electron chi connectivity index (χ2n) is 7.06. The molecule has 2 N–H and O–H groups in total. The van der Waals surface area contributed by atoms with Crippen molar-refractivity contribution in [3.05, 3.63) is 34.6 Å². The van der Waals surface area contributed by atoms with Crippen molar-refractivity contribution in [3.63, 3.8) is 0 Å². The number of carbonyl (C=O) groups excluding carboxylic acids is 1. The monoisotopic (exact) mass is 358 g/mol. The molecule has 1 heterocycles. The van der Waals surface area contributed by atoms with Gasteiger partial charge >= 0.3 is 0 Å². The predicted octanol–water partition coefficient (Wildman–Crippen LogP) is 4.00. The van der Waals surface area contributed by atoms with E-state index in [9.17, 15) is 4.79 Å². The first kappa shape index (κ1) is 17.9. The van der Waals surface area contributed by atoms with Crippen molar-refractivity contribution in [3.8, 4) is 11.4 Å². The van der Waals surface area contributed by atoms with Crippen molar-refractivity contribution in [2.45, 2.75) is 58.5 Å². The van der Waals surface area contributed by atoms with Gasteiger partial charge in [0, 0.05) is 24.6 Å². The van der Waals surface area contributed by atoms with Crippen LogP contribution in [0.5, 0.6) is 0 Å². The van der Waals surface area contributed by atoms with Crippen LogP contribution in [0, 0.1) is 17.6 Å². The molecule has 0 radical (unpaired) electrons. The number of hydrogen-bond acceptors (Lipinski definition) is 3. The summed E-state index contributed by atoms with van der Waals surface area (Å²) in [6.45, 7) is 4.81. The lowest BCUT2D eigenvalue weighted by Crippen LogP contribution is -2.41. The number of H-pyrrole nitrogens is 1. The van der Waals surface area contributed by atoms with Gasteiger partial charge in [-0.3, -0.25) is 14.5 Å². The van der Waals surface area contributed by atoms with Gasteiger partial charge in [-0.05, 0) is 37.9 Å². The highest BCUT2D eigenvalue weighted by molar-refractivity contribution is 7.71. The van der Waals surface area contributed by atoms with E-state index in [0.29, 0.717) is 29.7 Å². The molecule has 1 amide bonds. The summed E-state index contributed by atoms with van der Waals surface area (Å²) in [5, 5.41) is 10.4. The molecule has 2 unspecified atom stereocenters. The minimum absolute atomic E-state index is 0.0942. The van der Waals surface area contributed by atoms with E-state index in [2.05, 4.69) is 41.5 Å². The Morgan fingerprint density at radius 1 is 1.32 bits per heavy atom. The molecular formula is C19H26N4OS. The molecule has 25 heavy (non-hydrogen) atoms. The van der Waals surface area contributed by atoms with Crippen LogP contribution in [0.1, 0.15) is 44.6 Å². The first-order valence-electron chi connectivity index (χ1n) is 9.06. The van der Waals surface area contributed by atoms with Gasteiger partial charge in [-0.25, -0.2) is 0 Å². The average molecular weight is 359 g/mol. The highest BCUT2D eigenvalue weighted by atomic mass is 32.1. The molecular weight excluding hydrogens is 332 g/mol. The maximum atomic E-state index is 12.4. The highest BCUT2D eigenvalue weighted by Gasteiger charge is 2.22. The fourth-order valence-corrected chi connectivity index (χ4v) is 3.69. The van der Waals surface area contributed by atoms with Crippen LogP contribution in [-0.2, 0) is 11.3 Å². The Kier molecular flexibility index (Phi) is 5.68. The van der Waals surface area contributed by atoms with E-state index in [0.717, 1.165) is 17.8 Å². The Balaban J connectivity index is 1.65. The molecule has 0 aliphatic heterocycles. The minimum atomic E-state index is 0.0942. The maximum absolute atomic E-state index is 12.4. The van der Waals surface area contributed by atoms with Gasteiger partial charge < -0.3 is 5.32 Å². The Hall–Kier alpha value is -1.95. The molecule has 1 aliphatic rings. The van der Waals surface area contributed by atoms with Gasteiger partial charge in [0.1, 0.15) is 0 Å². The predicted molar refractivity (Wildman–Crippen MR) is 102 cm³/mol. The fraction of sp³-hybridized carbons (Fsp3) is 0.526. The molecule has 0 spiro atoms. The van der Waals surface area contributed by atoms with Gasteiger partial charge in [0.05, 0.1) is 0 Å². The van der Waals surface area contributed by atoms with Crippen molar-refractivity contribution in [1.82, 2.24) is 20.1 Å². The zero-order valence-corrected chi connectivity index (χ0v) is 15.7. The number of nitrogens with zero attached hydrogens (tertiary/aromatic N) is 2. The average Bonchev–Trinajstić information content (AvgIpc) is 2.96. The molecule has 2 atom stereocenters. The van der Waals surface area contributed by atoms with Gasteiger partial charge in [0.2, 0.25) is 5.91 Å². The molecule has 3 rings (SSSR count). The molecule has 1 aromatic heterocycles. The molecule has 134 valence electrons. The van der Waals surface area contributed by atoms with E-state index in [1.54, 1.807) is 0 Å². The fourth-order valence-electron chi connectivity index (χ4n) is 3.47. The molecule has 5 nitrogen and oxygen atoms in total. The second-order valence-corrected chi connectivity index (χ2v) is 7.44. The number of amides is 1. The van der Waals surface area contributed by atoms with Crippen LogP contribution in [0.15, 0.2) is 24.3 Å². The Morgan fingerprint density at radius 2 is 2.04 bits per heavy atom. The molecule has 1 aliphatic carbocycles. The lowest BCUT2D eigenvalue weighted by atomic mass is 9.86. The molecule has 2 aromatic rings. The molecule has 1 fully saturated rings. The largest absolute Gasteiger partial charge is 0.353 e. The zero-order chi connectivity index (χ0) is 17.8. The summed E-state index contributed by atoms with van der Waals surface area (Å²) in [5.41, 5.74) is 2.20. The van der Waals surface area contributed by atoms with E-state index in [1.807, 2.05) is 16.7 Å². The van der Waals surface area contributed by atoms with Crippen molar-refractivity contribution < 1.29 is 4.79 Å². The molecule has 6 heteroatoms. The second kappa shape index (κ2) is 7.95. The number of aromatic amines is 1. The van der Waals surface area contributed by atoms with Gasteiger partial charge in [-0.15, -0.1) is 0 Å². The first-order chi connectivity index (χ1) is 12.0. The van der Waals surface area contributed by atoms with Gasteiger partial charge in [-0.1, -0.05) is 49.6 Å². The third kappa shape index (κ3) is 4.37. The number of hydrogen-bond donors (Lipinski definition) is 2. The number of benzene rings is 1. The maximum Gasteiger partial charge on any atom is 0.222 e. The Bertz CT molecular complexity index is 777. The van der Waals surface area contributed by atoms with Crippen molar-refractivity contribution in [2.75, 3.05) is 0 Å². The van der Waals surface area contributed by atoms with Crippen LogP contribution in [0.3, 0.4) is 0 Å². The summed E-state index contributed by atoms with van der Waals surface area (Å²) < 4.78 is 2.46. The van der Waals surface area contributed by atoms with E-state index >= 15 is 0 Å². The van der Waals surface area contributed by atoms with Crippen LogP contribution in [-0.4, -0.2) is 26.7 Å². The highest BCUT2D eigenvalue weighted by Crippen LogP contribution is 2.24. The topological polar surface area (TPSA) is 62.7 Å². The number of rotatable bonds is 5. The van der Waals surface area contributed by atoms with Crippen LogP contribution in [0.25, 0.3) is 11.4 Å². The van der Waals surface area contributed by atoms with E-state index in [-0.39, 0.29) is 5.91 Å². The normalized spacial score (nSPS) is 20.4. The minimum Gasteiger partial charge on any atom is -0.353 e. The zero-order valence-electron chi connectivity index (χ0n) is 14.9. The smallest absolute Gasteiger partial charge is 0.222 e. The van der Waals surface area contributed by atoms with Crippen LogP contribution < -0.4 is 5.32 Å². The lowest BCUT2D eigenvalue weighted by Gasteiger charge is -2.29. The standard InChI is InChI=1S/C19H26N4OS/c1-13-7-9-15(10-8-13)18-21-22-19(25)23(18)12-11-17(24)20-16-6-4-3-5-14(16)2/h7-10,14,16H,3-6,11-12H2,1-2H3,(H,20,24)(H,22,25). The van der Waals surface area contributed by atoms with E-state index in [4.69, 9.17) is 12.2 Å². The summed E-state index contributed by atoms with van der Waals surface area (Å²) in [7, 11) is 0. The summed E-state index contributed by atoms with van der Waals surface area (Å²) in [6.07, 6.45) is 5.19. The molecule has 1 aromatic carbocycles. The summed E-state index contributed by atoms with van der Waals surface area (Å²) >= 11 is 5.34. The first-order valence-corrected chi connectivity index (χ1v) is 9.47. The van der Waals surface area contributed by atoms with E-state index < -0.39 is 0 Å². The molecule has 1 saturated carbocycles. The van der Waals surface area contributed by atoms with Crippen LogP contribution >= 0.6 is 12.2 Å². The van der Waals surface area contributed by atoms with Crippen LogP contribution in [0.2, 0.25) is 0 Å². The number of carbonyl (C=O) groups is 1. The molecule has 0 bridgehead atoms. The summed E-state index contributed by atoms with van der Waals surface area (Å²) in [4.78, 5) is 12.4. The van der Waals surface area contributed by atoms with Gasteiger partial charge in [0.25, 0.3) is 0 Å². The summed E-state index contributed by atoms with van der Waals surface area (Å²) in [6, 6.07) is 8.47. The third-order valence-corrected chi connectivity index (χ3v) is 5.40. The Labute approximate surface area is 153 Å². The van der Waals surface area contributed by atoms with Crippen molar-refractivity contribution in [1.29, 1.82) is 0 Å². The van der Waals surface area contributed by atoms with Crippen molar-refractivity contribution in [2.24, 2.45) is 5.92 Å². The number of aromatic nitrogens is 3. The summed E-state index contributed by atoms with van der Waals surface area (Å²) in [5.74, 6) is 1.44. The quantitative estimate of drug-likeness (QED) is 0.794. The van der Waals surface area contributed by atoms with Crippen LogP contribution in [0.4, 0.5) is 0 Å². The van der Waals surface area contributed by atoms with Gasteiger partial charge in [0.15, 0.2) is 10.6 Å².